The largest absolute Gasteiger partial charge is 0.472 e. The van der Waals surface area contributed by atoms with Crippen molar-refractivity contribution in [3.8, 4) is 0 Å². The number of halogens is 3. The van der Waals surface area contributed by atoms with Crippen molar-refractivity contribution in [3.05, 3.63) is 77.0 Å². The maximum Gasteiger partial charge on any atom is 0.472 e. The number of rotatable bonds is 20. The monoisotopic (exact) mass is 1950 g/mol. The minimum absolute atomic E-state index is 0.00667. The molecule has 14 heterocycles. The van der Waals surface area contributed by atoms with E-state index in [4.69, 9.17) is 103 Å². The SMILES string of the molecule is CC(C)[Si](O)(O[Si](O[C@H]1[C@H]2OP(O)(=S)OC[C@H]3OC(n4cnc5c(N)ncnc54)[C@H](F)[C@@H]3OP(=O)(O)OC[C@H]1O[C@H]2n1cc(F)c2c(=O)[nH]cnc21)(C(C)C)C(C)C)C(C)C.CCN(CC)CC.CCN(CC)CC.CCO[Si](C)(C)C.Nc1ncnc2c1ncn2[C@@H]1O[C@@H]2COP(O)(=S)O[C@@H]3[C@H](O)[C@@H](COP(=O)(O)O[C@H]2[C@H]1F)O[C@H]3n1cnc2c(=O)[nH]cnc21. The Labute approximate surface area is 737 Å². The molecule has 706 valence electrons. The molecule has 0 radical (unpaired) electrons. The number of aromatic nitrogens is 15. The third-order valence-electron chi connectivity index (χ3n) is 21.7. The van der Waals surface area contributed by atoms with Gasteiger partial charge >= 0.3 is 46.2 Å². The molecule has 12 N–H and O–H groups in total. The first-order valence-electron chi connectivity index (χ1n) is 41.1. The van der Waals surface area contributed by atoms with E-state index >= 15 is 13.2 Å². The summed E-state index contributed by atoms with van der Waals surface area (Å²) in [7, 11) is -18.9. The summed E-state index contributed by atoms with van der Waals surface area (Å²) in [5, 5.41) is 10.6. The van der Waals surface area contributed by atoms with Crippen molar-refractivity contribution in [3.63, 3.8) is 0 Å². The van der Waals surface area contributed by atoms with Crippen LogP contribution in [0.25, 0.3) is 44.5 Å². The fourth-order valence-corrected chi connectivity index (χ4v) is 30.6. The van der Waals surface area contributed by atoms with Gasteiger partial charge in [-0.15, -0.1) is 0 Å². The first kappa shape index (κ1) is 103. The fourth-order valence-electron chi connectivity index (χ4n) is 15.0. The van der Waals surface area contributed by atoms with E-state index in [0.717, 1.165) is 42.7 Å². The predicted molar refractivity (Wildman–Crippen MR) is 467 cm³/mol. The minimum Gasteiger partial charge on any atom is -0.418 e. The van der Waals surface area contributed by atoms with Crippen molar-refractivity contribution in [1.29, 1.82) is 0 Å². The molecule has 0 spiro atoms. The number of nitrogens with one attached hydrogen (secondary N) is 2. The Morgan fingerprint density at radius 2 is 0.929 bits per heavy atom. The average molecular weight is 1950 g/mol. The Morgan fingerprint density at radius 3 is 1.36 bits per heavy atom. The van der Waals surface area contributed by atoms with E-state index in [-0.39, 0.29) is 72.9 Å². The van der Waals surface area contributed by atoms with Crippen molar-refractivity contribution in [2.75, 3.05) is 83.8 Å². The van der Waals surface area contributed by atoms with Gasteiger partial charge in [0, 0.05) is 12.8 Å². The highest BCUT2D eigenvalue weighted by atomic mass is 32.5. The Kier molecular flexibility index (Phi) is 34.9. The number of fused-ring (bicyclic) bond motifs is 10. The van der Waals surface area contributed by atoms with E-state index in [0.29, 0.717) is 0 Å². The highest BCUT2D eigenvalue weighted by Crippen LogP contribution is 2.58. The molecule has 20 atom stereocenters. The van der Waals surface area contributed by atoms with Gasteiger partial charge in [0.25, 0.3) is 11.1 Å². The van der Waals surface area contributed by atoms with Crippen molar-refractivity contribution in [2.24, 2.45) is 0 Å². The van der Waals surface area contributed by atoms with Gasteiger partial charge in [0.15, 0.2) is 91.1 Å². The fraction of sp³-hybridized carbons (Fsp3) is 0.700. The maximum atomic E-state index is 16.5. The minimum atomic E-state index is -5.27. The van der Waals surface area contributed by atoms with Crippen LogP contribution in [0.4, 0.5) is 24.8 Å². The number of phosphoric acid groups is 2. The summed E-state index contributed by atoms with van der Waals surface area (Å²) in [5.41, 5.74) is 9.30. The van der Waals surface area contributed by atoms with Gasteiger partial charge in [-0.25, -0.2) is 67.2 Å². The number of nitrogens with two attached hydrogens (primary N) is 2. The van der Waals surface area contributed by atoms with Crippen LogP contribution < -0.4 is 22.6 Å². The van der Waals surface area contributed by atoms with Crippen LogP contribution in [-0.4, -0.2) is 283 Å². The predicted octanol–water partition coefficient (Wildman–Crippen LogP) is 8.20. The number of nitrogens with zero attached hydrogens (tertiary/aromatic N) is 15. The van der Waals surface area contributed by atoms with Crippen LogP contribution in [0, 0.1) is 5.82 Å². The molecular weight excluding hydrogens is 1840 g/mol. The lowest BCUT2D eigenvalue weighted by atomic mass is 10.1. The topological polar surface area (TPSA) is 554 Å². The second-order valence-corrected chi connectivity index (χ2v) is 53.6. The maximum absolute atomic E-state index is 16.5. The summed E-state index contributed by atoms with van der Waals surface area (Å²) in [5.74, 6) is -0.946. The number of alkyl halides is 2. The van der Waals surface area contributed by atoms with E-state index < -0.39 is 202 Å². The average Bonchev–Trinajstić information content (AvgIpc) is 1.63. The number of nitrogen functional groups attached to an aromatic ring is 2. The highest BCUT2D eigenvalue weighted by Gasteiger charge is 2.62. The molecule has 6 aliphatic heterocycles. The Morgan fingerprint density at radius 1 is 0.532 bits per heavy atom. The van der Waals surface area contributed by atoms with Crippen molar-refractivity contribution < 1.29 is 120 Å². The number of imidazole rings is 3. The van der Waals surface area contributed by atoms with Crippen LogP contribution in [0.5, 0.6) is 0 Å². The van der Waals surface area contributed by atoms with E-state index in [1.807, 2.05) is 62.3 Å². The zero-order chi connectivity index (χ0) is 92.8. The molecule has 0 aromatic carbocycles. The molecule has 0 saturated carbocycles. The summed E-state index contributed by atoms with van der Waals surface area (Å²) < 4.78 is 168. The van der Waals surface area contributed by atoms with Crippen molar-refractivity contribution in [1.82, 2.24) is 82.9 Å². The molecule has 0 amide bonds. The van der Waals surface area contributed by atoms with Gasteiger partial charge in [0.1, 0.15) is 90.1 Å². The molecule has 0 aliphatic carbocycles. The summed E-state index contributed by atoms with van der Waals surface area (Å²) in [4.78, 5) is 128. The summed E-state index contributed by atoms with van der Waals surface area (Å²) >= 11 is 10.7. The first-order valence-corrected chi connectivity index (χ1v) is 56.6. The van der Waals surface area contributed by atoms with Crippen LogP contribution in [0.15, 0.2) is 60.1 Å². The number of hydrogen-bond acceptors (Lipinski definition) is 36. The lowest BCUT2D eigenvalue weighted by Crippen LogP contribution is -2.62. The molecule has 126 heavy (non-hydrogen) atoms. The molecule has 6 aliphatic rings. The van der Waals surface area contributed by atoms with Gasteiger partial charge in [-0.3, -0.25) is 50.4 Å². The van der Waals surface area contributed by atoms with Crippen molar-refractivity contribution in [2.45, 2.75) is 244 Å². The Balaban J connectivity index is 0.000000220. The number of phosphoric ester groups is 2. The summed E-state index contributed by atoms with van der Waals surface area (Å²) in [6, 6.07) is 0. The number of hydrogen-bond donors (Lipinski definition) is 10. The van der Waals surface area contributed by atoms with Crippen LogP contribution in [-0.2, 0) is 101 Å². The molecule has 4 bridgehead atoms. The number of H-pyrrole nitrogens is 2. The highest BCUT2D eigenvalue weighted by molar-refractivity contribution is 8.07. The third-order valence-corrected chi connectivity index (χ3v) is 37.7. The molecule has 8 aromatic heterocycles. The quantitative estimate of drug-likeness (QED) is 0.0254. The molecule has 6 fully saturated rings. The summed E-state index contributed by atoms with van der Waals surface area (Å²) in [6.45, 7) is 32.8. The molecule has 56 heteroatoms. The van der Waals surface area contributed by atoms with Gasteiger partial charge in [-0.1, -0.05) is 96.9 Å². The molecule has 44 nitrogen and oxygen atoms in total. The van der Waals surface area contributed by atoms with Gasteiger partial charge < -0.3 is 106 Å². The third kappa shape index (κ3) is 23.5. The van der Waals surface area contributed by atoms with E-state index in [1.54, 1.807) is 0 Å². The Hall–Kier alpha value is -5.25. The second kappa shape index (κ2) is 42.7. The second-order valence-electron chi connectivity index (χ2n) is 32.1. The first-order chi connectivity index (χ1) is 59.2. The van der Waals surface area contributed by atoms with E-state index in [2.05, 4.69) is 126 Å². The number of aliphatic hydroxyl groups excluding tert-OH is 1. The lowest BCUT2D eigenvalue weighted by molar-refractivity contribution is -0.0635. The van der Waals surface area contributed by atoms with Crippen LogP contribution >= 0.6 is 29.1 Å². The van der Waals surface area contributed by atoms with Gasteiger partial charge in [0.2, 0.25) is 0 Å². The van der Waals surface area contributed by atoms with E-state index in [9.17, 15) is 48.2 Å². The van der Waals surface area contributed by atoms with Crippen LogP contribution in [0.1, 0.15) is 129 Å². The molecular formula is C70H116F3N19O25P4S2Si3. The van der Waals surface area contributed by atoms with Crippen LogP contribution in [0.2, 0.25) is 41.8 Å². The molecule has 8 aromatic rings. The van der Waals surface area contributed by atoms with E-state index in [1.165, 1.54) is 72.0 Å². The molecule has 5 unspecified atom stereocenters. The van der Waals surface area contributed by atoms with Gasteiger partial charge in [0.05, 0.1) is 58.1 Å². The lowest BCUT2D eigenvalue weighted by Gasteiger charge is -2.47. The number of aromatic amines is 2. The molecule has 6 saturated heterocycles. The standard InChI is InChI=1S/C33H50F2N8O13P2SSi2.C20H22FN9O11P2S.2C6H15N.C5H14OSi/c1-15(2)60(48,16(3)4)56-61(17(5)6,18(7)8)55-26-21-10-49-57(45,46)53-25-20(51-32(23(25)35)43-14-41-24-28(36)37-12-39-30(24)43)11-50-58(47,59)54-27(26)33(52-21)42-9-19(34)22-29(42)38-13-40-31(22)44;21-9-13-8(39-19(9)29-5-27-10-15(22)23-3-24-16(10)29)2-37-43(35,44)41-14-12(31)7(1-36-42(33,34)40-13)38-20(14)30-6-28-11-17(30)25-4-26-18(11)32;2*1-4-7(5-2)6-3;1-5-6-7(2,3)4/h9,12-18,20-21,23,25-27,32-33,48H,10-11H2,1-8H3,(H,45,46)(H,47,59)(H2,36,37,39)(H,38,40,44);3-9,12-14,19-20,31H,1-2H2,(H,33,34)(H,35,44)(H2,22,23,24)(H,25,26,32);2*4-6H2,1-3H3;5H2,1-4H3/t20-,21-,23-,25-,26-,27-,32?,33-,58?;7-,8-,9-,12-,13-,14-,19-,20-,43?;;;/m11.../s1. The van der Waals surface area contributed by atoms with Crippen LogP contribution in [0.3, 0.4) is 0 Å². The van der Waals surface area contributed by atoms with Crippen molar-refractivity contribution >= 4 is 134 Å². The zero-order valence-corrected chi connectivity index (χ0v) is 81.2. The number of anilines is 2. The van der Waals surface area contributed by atoms with Gasteiger partial charge in [-0.05, 0) is 112 Å². The normalized spacial score (nSPS) is 30.6. The summed E-state index contributed by atoms with van der Waals surface area (Å²) in [6.07, 6.45) is -16.9. The Bertz CT molecular complexity index is 5260. The molecule has 14 rings (SSSR count). The smallest absolute Gasteiger partial charge is 0.418 e. The zero-order valence-electron chi connectivity index (χ0n) is 73.0. The van der Waals surface area contributed by atoms with Gasteiger partial charge in [-0.2, -0.15) is 0 Å². The number of ether oxygens (including phenoxy) is 4. The number of aliphatic hydroxyl groups is 1.